The van der Waals surface area contributed by atoms with Crippen LogP contribution in [0.15, 0.2) is 24.3 Å². The standard InChI is InChI=1S/C13H13F3O4/c1-2-19-12(18)8-10(17)6-9-4-3-5-11(7-9)20-13(14,15)16/h3-5,7H,2,6,8H2,1H3. The zero-order valence-corrected chi connectivity index (χ0v) is 10.7. The zero-order valence-electron chi connectivity index (χ0n) is 10.7. The predicted octanol–water partition coefficient (Wildman–Crippen LogP) is 2.65. The minimum atomic E-state index is -4.78. The lowest BCUT2D eigenvalue weighted by molar-refractivity contribution is -0.274. The molecule has 0 bridgehead atoms. The van der Waals surface area contributed by atoms with Crippen LogP contribution >= 0.6 is 0 Å². The smallest absolute Gasteiger partial charge is 0.466 e. The van der Waals surface area contributed by atoms with Crippen LogP contribution in [-0.2, 0) is 20.7 Å². The second kappa shape index (κ2) is 6.93. The number of hydrogen-bond donors (Lipinski definition) is 0. The zero-order chi connectivity index (χ0) is 15.2. The number of esters is 1. The Morgan fingerprint density at radius 3 is 2.55 bits per heavy atom. The van der Waals surface area contributed by atoms with Crippen LogP contribution in [0.1, 0.15) is 18.9 Å². The van der Waals surface area contributed by atoms with E-state index in [0.717, 1.165) is 12.1 Å². The van der Waals surface area contributed by atoms with E-state index in [1.54, 1.807) is 6.92 Å². The van der Waals surface area contributed by atoms with Gasteiger partial charge in [-0.1, -0.05) is 12.1 Å². The van der Waals surface area contributed by atoms with Gasteiger partial charge in [-0.3, -0.25) is 9.59 Å². The highest BCUT2D eigenvalue weighted by Gasteiger charge is 2.31. The Balaban J connectivity index is 2.62. The van der Waals surface area contributed by atoms with Crippen molar-refractivity contribution in [2.45, 2.75) is 26.1 Å². The SMILES string of the molecule is CCOC(=O)CC(=O)Cc1cccc(OC(F)(F)F)c1. The molecule has 0 aliphatic carbocycles. The number of Topliss-reactive ketones (excluding diaryl/α,β-unsaturated/α-hetero) is 1. The van der Waals surface area contributed by atoms with Crippen LogP contribution in [0.3, 0.4) is 0 Å². The molecule has 0 aliphatic heterocycles. The molecule has 110 valence electrons. The normalized spacial score (nSPS) is 11.0. The average molecular weight is 290 g/mol. The van der Waals surface area contributed by atoms with Crippen molar-refractivity contribution < 1.29 is 32.2 Å². The molecule has 20 heavy (non-hydrogen) atoms. The summed E-state index contributed by atoms with van der Waals surface area (Å²) >= 11 is 0. The Kier molecular flexibility index (Phi) is 5.54. The second-order valence-corrected chi connectivity index (χ2v) is 3.89. The van der Waals surface area contributed by atoms with Crippen LogP contribution in [-0.4, -0.2) is 24.7 Å². The lowest BCUT2D eigenvalue weighted by Crippen LogP contribution is -2.17. The maximum absolute atomic E-state index is 12.0. The summed E-state index contributed by atoms with van der Waals surface area (Å²) in [6, 6.07) is 5.06. The van der Waals surface area contributed by atoms with Gasteiger partial charge in [-0.2, -0.15) is 0 Å². The monoisotopic (exact) mass is 290 g/mol. The first kappa shape index (κ1) is 16.0. The fraction of sp³-hybridized carbons (Fsp3) is 0.385. The predicted molar refractivity (Wildman–Crippen MR) is 63.1 cm³/mol. The van der Waals surface area contributed by atoms with Gasteiger partial charge < -0.3 is 9.47 Å². The van der Waals surface area contributed by atoms with Gasteiger partial charge in [-0.25, -0.2) is 0 Å². The van der Waals surface area contributed by atoms with Crippen LogP contribution in [0.2, 0.25) is 0 Å². The maximum atomic E-state index is 12.0. The molecule has 1 aromatic rings. The Morgan fingerprint density at radius 2 is 1.95 bits per heavy atom. The summed E-state index contributed by atoms with van der Waals surface area (Å²) in [5.41, 5.74) is 0.334. The van der Waals surface area contributed by atoms with Crippen molar-refractivity contribution in [1.29, 1.82) is 0 Å². The molecule has 1 rings (SSSR count). The van der Waals surface area contributed by atoms with Crippen molar-refractivity contribution in [3.63, 3.8) is 0 Å². The van der Waals surface area contributed by atoms with E-state index in [1.807, 2.05) is 0 Å². The van der Waals surface area contributed by atoms with Gasteiger partial charge in [0.05, 0.1) is 6.61 Å². The minimum Gasteiger partial charge on any atom is -0.466 e. The van der Waals surface area contributed by atoms with Crippen molar-refractivity contribution in [2.24, 2.45) is 0 Å². The first-order valence-electron chi connectivity index (χ1n) is 5.82. The van der Waals surface area contributed by atoms with E-state index < -0.39 is 30.3 Å². The molecule has 0 unspecified atom stereocenters. The molecule has 0 atom stereocenters. The van der Waals surface area contributed by atoms with Crippen LogP contribution in [0.4, 0.5) is 13.2 Å². The Hall–Kier alpha value is -2.05. The Bertz CT molecular complexity index is 483. The van der Waals surface area contributed by atoms with Gasteiger partial charge in [-0.05, 0) is 24.6 Å². The van der Waals surface area contributed by atoms with Gasteiger partial charge in [0.25, 0.3) is 0 Å². The molecule has 0 N–H and O–H groups in total. The minimum absolute atomic E-state index is 0.159. The van der Waals surface area contributed by atoms with Gasteiger partial charge in [0.2, 0.25) is 0 Å². The van der Waals surface area contributed by atoms with Gasteiger partial charge in [0.1, 0.15) is 18.0 Å². The first-order chi connectivity index (χ1) is 9.30. The highest BCUT2D eigenvalue weighted by atomic mass is 19.4. The van der Waals surface area contributed by atoms with E-state index in [0.29, 0.717) is 5.56 Å². The van der Waals surface area contributed by atoms with Crippen LogP contribution in [0.25, 0.3) is 0 Å². The number of halogens is 3. The third-order valence-corrected chi connectivity index (χ3v) is 2.18. The number of ether oxygens (including phenoxy) is 2. The molecular formula is C13H13F3O4. The molecule has 7 heteroatoms. The lowest BCUT2D eigenvalue weighted by Gasteiger charge is -2.09. The average Bonchev–Trinajstić information content (AvgIpc) is 2.26. The molecular weight excluding hydrogens is 277 g/mol. The summed E-state index contributed by atoms with van der Waals surface area (Å²) < 4.78 is 44.5. The number of carbonyl (C=O) groups is 2. The van der Waals surface area contributed by atoms with Gasteiger partial charge in [-0.15, -0.1) is 13.2 Å². The van der Waals surface area contributed by atoms with E-state index in [4.69, 9.17) is 0 Å². The molecule has 0 radical (unpaired) electrons. The summed E-state index contributed by atoms with van der Waals surface area (Å²) in [6.45, 7) is 1.78. The molecule has 0 saturated heterocycles. The van der Waals surface area contributed by atoms with E-state index >= 15 is 0 Å². The molecule has 0 spiro atoms. The first-order valence-corrected chi connectivity index (χ1v) is 5.82. The van der Waals surface area contributed by atoms with E-state index in [1.165, 1.54) is 12.1 Å². The fourth-order valence-corrected chi connectivity index (χ4v) is 1.52. The second-order valence-electron chi connectivity index (χ2n) is 3.89. The van der Waals surface area contributed by atoms with Gasteiger partial charge >= 0.3 is 12.3 Å². The third-order valence-electron chi connectivity index (χ3n) is 2.18. The van der Waals surface area contributed by atoms with Crippen LogP contribution < -0.4 is 4.74 Å². The van der Waals surface area contributed by atoms with Crippen molar-refractivity contribution in [2.75, 3.05) is 6.61 Å². The van der Waals surface area contributed by atoms with Crippen molar-refractivity contribution in [3.05, 3.63) is 29.8 Å². The summed E-state index contributed by atoms with van der Waals surface area (Å²) in [7, 11) is 0. The topological polar surface area (TPSA) is 52.6 Å². The van der Waals surface area contributed by atoms with E-state index in [2.05, 4.69) is 9.47 Å². The van der Waals surface area contributed by atoms with Crippen LogP contribution in [0.5, 0.6) is 5.75 Å². The molecule has 4 nitrogen and oxygen atoms in total. The van der Waals surface area contributed by atoms with E-state index in [-0.39, 0.29) is 13.0 Å². The molecule has 0 saturated carbocycles. The molecule has 0 aromatic heterocycles. The Labute approximate surface area is 113 Å². The molecule has 0 amide bonds. The third kappa shape index (κ3) is 6.21. The Morgan fingerprint density at radius 1 is 1.25 bits per heavy atom. The highest BCUT2D eigenvalue weighted by molar-refractivity contribution is 5.96. The largest absolute Gasteiger partial charge is 0.573 e. The van der Waals surface area contributed by atoms with Gasteiger partial charge in [0.15, 0.2) is 0 Å². The summed E-state index contributed by atoms with van der Waals surface area (Å²) in [6.07, 6.45) is -5.35. The molecule has 0 heterocycles. The van der Waals surface area contributed by atoms with Crippen molar-refractivity contribution in [3.8, 4) is 5.75 Å². The molecule has 0 aliphatic rings. The summed E-state index contributed by atoms with van der Waals surface area (Å²) in [5, 5.41) is 0. The van der Waals surface area contributed by atoms with Crippen molar-refractivity contribution >= 4 is 11.8 Å². The number of alkyl halides is 3. The van der Waals surface area contributed by atoms with Gasteiger partial charge in [0, 0.05) is 6.42 Å². The quantitative estimate of drug-likeness (QED) is 0.597. The van der Waals surface area contributed by atoms with Crippen LogP contribution in [0, 0.1) is 0 Å². The number of benzene rings is 1. The lowest BCUT2D eigenvalue weighted by atomic mass is 10.1. The summed E-state index contributed by atoms with van der Waals surface area (Å²) in [5.74, 6) is -1.49. The molecule has 0 fully saturated rings. The number of ketones is 1. The highest BCUT2D eigenvalue weighted by Crippen LogP contribution is 2.23. The fourth-order valence-electron chi connectivity index (χ4n) is 1.52. The van der Waals surface area contributed by atoms with Crippen molar-refractivity contribution in [1.82, 2.24) is 0 Å². The summed E-state index contributed by atoms with van der Waals surface area (Å²) in [4.78, 5) is 22.6. The number of carbonyl (C=O) groups excluding carboxylic acids is 2. The van der Waals surface area contributed by atoms with E-state index in [9.17, 15) is 22.8 Å². The molecule has 1 aromatic carbocycles. The maximum Gasteiger partial charge on any atom is 0.573 e. The number of rotatable bonds is 6. The number of hydrogen-bond acceptors (Lipinski definition) is 4.